The Hall–Kier alpha value is -1.14. The van der Waals surface area contributed by atoms with Gasteiger partial charge in [-0.25, -0.2) is 4.98 Å². The molecule has 2 fully saturated rings. The minimum atomic E-state index is 0.520. The number of guanidine groups is 1. The van der Waals surface area contributed by atoms with Crippen LogP contribution in [0.3, 0.4) is 0 Å². The molecule has 0 radical (unpaired) electrons. The van der Waals surface area contributed by atoms with E-state index in [-0.39, 0.29) is 0 Å². The summed E-state index contributed by atoms with van der Waals surface area (Å²) >= 11 is 1.76. The number of aliphatic imine (C=N–C) groups is 1. The van der Waals surface area contributed by atoms with Crippen molar-refractivity contribution < 1.29 is 0 Å². The maximum Gasteiger partial charge on any atom is 0.191 e. The van der Waals surface area contributed by atoms with Crippen LogP contribution in [0.4, 0.5) is 0 Å². The third kappa shape index (κ3) is 4.23. The van der Waals surface area contributed by atoms with Gasteiger partial charge in [0.25, 0.3) is 0 Å². The first kappa shape index (κ1) is 16.7. The van der Waals surface area contributed by atoms with Gasteiger partial charge in [0.2, 0.25) is 0 Å². The highest BCUT2D eigenvalue weighted by Crippen LogP contribution is 2.26. The van der Waals surface area contributed by atoms with E-state index < -0.39 is 0 Å². The first-order valence-corrected chi connectivity index (χ1v) is 9.61. The fraction of sp³-hybridized carbons (Fsp3) is 0.765. The Balaban J connectivity index is 1.47. The number of nitrogens with one attached hydrogen (secondary N) is 2. The number of rotatable bonds is 4. The Morgan fingerprint density at radius 1 is 1.30 bits per heavy atom. The van der Waals surface area contributed by atoms with Gasteiger partial charge in [-0.2, -0.15) is 0 Å². The summed E-state index contributed by atoms with van der Waals surface area (Å²) in [6, 6.07) is 1.35. The lowest BCUT2D eigenvalue weighted by molar-refractivity contribution is 0.242. The molecule has 1 aliphatic heterocycles. The van der Waals surface area contributed by atoms with Gasteiger partial charge in [-0.3, -0.25) is 9.89 Å². The molecule has 1 atom stereocenters. The molecule has 2 heterocycles. The summed E-state index contributed by atoms with van der Waals surface area (Å²) in [5.74, 6) is 0.911. The molecule has 23 heavy (non-hydrogen) atoms. The molecule has 1 unspecified atom stereocenters. The van der Waals surface area contributed by atoms with E-state index in [1.54, 1.807) is 11.3 Å². The molecule has 2 aliphatic rings. The van der Waals surface area contributed by atoms with Gasteiger partial charge < -0.3 is 10.6 Å². The van der Waals surface area contributed by atoms with Crippen molar-refractivity contribution in [1.82, 2.24) is 20.5 Å². The molecule has 1 saturated heterocycles. The van der Waals surface area contributed by atoms with Crippen LogP contribution in [0.25, 0.3) is 0 Å². The maximum atomic E-state index is 4.48. The summed E-state index contributed by atoms with van der Waals surface area (Å²) < 4.78 is 0. The summed E-state index contributed by atoms with van der Waals surface area (Å²) in [4.78, 5) is 12.8. The maximum absolute atomic E-state index is 4.48. The molecule has 0 spiro atoms. The highest BCUT2D eigenvalue weighted by molar-refractivity contribution is 7.11. The first-order valence-electron chi connectivity index (χ1n) is 8.80. The molecule has 0 amide bonds. The zero-order valence-corrected chi connectivity index (χ0v) is 15.4. The second-order valence-corrected chi connectivity index (χ2v) is 8.02. The number of aryl methyl sites for hydroxylation is 2. The lowest BCUT2D eigenvalue weighted by atomic mass is 10.2. The van der Waals surface area contributed by atoms with Crippen LogP contribution in [0.15, 0.2) is 4.99 Å². The fourth-order valence-corrected chi connectivity index (χ4v) is 4.67. The summed E-state index contributed by atoms with van der Waals surface area (Å²) in [5, 5.41) is 8.17. The van der Waals surface area contributed by atoms with Gasteiger partial charge in [-0.1, -0.05) is 12.8 Å². The molecule has 0 aromatic carbocycles. The molecule has 1 aromatic heterocycles. The largest absolute Gasteiger partial charge is 0.352 e. The molecular weight excluding hydrogens is 306 g/mol. The predicted molar refractivity (Wildman–Crippen MR) is 97.2 cm³/mol. The van der Waals surface area contributed by atoms with Crippen molar-refractivity contribution in [3.05, 3.63) is 15.6 Å². The molecule has 6 heteroatoms. The van der Waals surface area contributed by atoms with Crippen molar-refractivity contribution in [1.29, 1.82) is 0 Å². The molecule has 1 aliphatic carbocycles. The van der Waals surface area contributed by atoms with Crippen LogP contribution >= 0.6 is 11.3 Å². The van der Waals surface area contributed by atoms with Crippen LogP contribution in [-0.2, 0) is 6.54 Å². The van der Waals surface area contributed by atoms with Gasteiger partial charge in [0.1, 0.15) is 0 Å². The van der Waals surface area contributed by atoms with Crippen molar-refractivity contribution >= 4 is 17.3 Å². The average molecular weight is 336 g/mol. The Morgan fingerprint density at radius 2 is 2.09 bits per heavy atom. The number of hydrogen-bond donors (Lipinski definition) is 2. The SMILES string of the molecule is CN=C(NCc1sc(C)nc1C)NC1CCN(C2CCCC2)C1. The van der Waals surface area contributed by atoms with Crippen molar-refractivity contribution in [2.24, 2.45) is 4.99 Å². The summed E-state index contributed by atoms with van der Waals surface area (Å²) in [6.07, 6.45) is 6.83. The lowest BCUT2D eigenvalue weighted by Gasteiger charge is -2.24. The van der Waals surface area contributed by atoms with E-state index in [4.69, 9.17) is 0 Å². The van der Waals surface area contributed by atoms with Gasteiger partial charge in [-0.05, 0) is 33.1 Å². The second-order valence-electron chi connectivity index (χ2n) is 6.73. The molecule has 128 valence electrons. The third-order valence-electron chi connectivity index (χ3n) is 5.04. The normalized spacial score (nSPS) is 23.6. The average Bonchev–Trinajstić information content (AvgIpc) is 3.24. The zero-order chi connectivity index (χ0) is 16.2. The van der Waals surface area contributed by atoms with E-state index in [0.29, 0.717) is 6.04 Å². The fourth-order valence-electron chi connectivity index (χ4n) is 3.80. The summed E-state index contributed by atoms with van der Waals surface area (Å²) in [7, 11) is 1.85. The molecule has 1 saturated carbocycles. The molecule has 0 bridgehead atoms. The number of nitrogens with zero attached hydrogens (tertiary/aromatic N) is 3. The van der Waals surface area contributed by atoms with Gasteiger partial charge in [-0.15, -0.1) is 11.3 Å². The smallest absolute Gasteiger partial charge is 0.191 e. The summed E-state index contributed by atoms with van der Waals surface area (Å²) in [6.45, 7) is 7.32. The Labute approximate surface area is 143 Å². The Bertz CT molecular complexity index is 547. The van der Waals surface area contributed by atoms with E-state index in [1.165, 1.54) is 43.5 Å². The van der Waals surface area contributed by atoms with Gasteiger partial charge >= 0.3 is 0 Å². The van der Waals surface area contributed by atoms with E-state index >= 15 is 0 Å². The van der Waals surface area contributed by atoms with E-state index in [1.807, 2.05) is 7.05 Å². The molecular formula is C17H29N5S. The molecule has 5 nitrogen and oxygen atoms in total. The van der Waals surface area contributed by atoms with Crippen molar-refractivity contribution in [2.45, 2.75) is 64.6 Å². The topological polar surface area (TPSA) is 52.6 Å². The second kappa shape index (κ2) is 7.62. The first-order chi connectivity index (χ1) is 11.2. The lowest BCUT2D eigenvalue weighted by Crippen LogP contribution is -2.45. The standard InChI is InChI=1S/C17H29N5S/c1-12-16(23-13(2)20-12)10-19-17(18-3)21-14-8-9-22(11-14)15-6-4-5-7-15/h14-15H,4-11H2,1-3H3,(H2,18,19,21). The van der Waals surface area contributed by atoms with Crippen LogP contribution in [-0.4, -0.2) is 48.1 Å². The number of aromatic nitrogens is 1. The Kier molecular flexibility index (Phi) is 5.54. The summed E-state index contributed by atoms with van der Waals surface area (Å²) in [5.41, 5.74) is 1.13. The van der Waals surface area contributed by atoms with Crippen LogP contribution in [0.1, 0.15) is 47.7 Å². The minimum Gasteiger partial charge on any atom is -0.352 e. The van der Waals surface area contributed by atoms with Crippen LogP contribution in [0.2, 0.25) is 0 Å². The monoisotopic (exact) mass is 335 g/mol. The highest BCUT2D eigenvalue weighted by Gasteiger charge is 2.30. The highest BCUT2D eigenvalue weighted by atomic mass is 32.1. The van der Waals surface area contributed by atoms with Crippen molar-refractivity contribution in [3.8, 4) is 0 Å². The van der Waals surface area contributed by atoms with Gasteiger partial charge in [0.15, 0.2) is 5.96 Å². The van der Waals surface area contributed by atoms with E-state index in [2.05, 4.69) is 39.4 Å². The van der Waals surface area contributed by atoms with Crippen molar-refractivity contribution in [2.75, 3.05) is 20.1 Å². The molecule has 1 aromatic rings. The van der Waals surface area contributed by atoms with E-state index in [9.17, 15) is 0 Å². The number of hydrogen-bond acceptors (Lipinski definition) is 4. The molecule has 3 rings (SSSR count). The van der Waals surface area contributed by atoms with Crippen LogP contribution in [0, 0.1) is 13.8 Å². The molecule has 2 N–H and O–H groups in total. The van der Waals surface area contributed by atoms with Gasteiger partial charge in [0.05, 0.1) is 17.2 Å². The van der Waals surface area contributed by atoms with E-state index in [0.717, 1.165) is 35.8 Å². The number of thiazole rings is 1. The number of likely N-dealkylation sites (tertiary alicyclic amines) is 1. The van der Waals surface area contributed by atoms with Crippen LogP contribution < -0.4 is 10.6 Å². The van der Waals surface area contributed by atoms with Crippen LogP contribution in [0.5, 0.6) is 0 Å². The predicted octanol–water partition coefficient (Wildman–Crippen LogP) is 2.44. The third-order valence-corrected chi connectivity index (χ3v) is 6.11. The van der Waals surface area contributed by atoms with Crippen molar-refractivity contribution in [3.63, 3.8) is 0 Å². The quantitative estimate of drug-likeness (QED) is 0.655. The van der Waals surface area contributed by atoms with Gasteiger partial charge in [0, 0.05) is 37.1 Å². The zero-order valence-electron chi connectivity index (χ0n) is 14.6. The Morgan fingerprint density at radius 3 is 2.74 bits per heavy atom. The minimum absolute atomic E-state index is 0.520.